The molecule has 2 amide bonds. The summed E-state index contributed by atoms with van der Waals surface area (Å²) in [4.78, 5) is 25.7. The molecule has 0 bridgehead atoms. The molecule has 2 atom stereocenters. The molecule has 3 N–H and O–H groups in total. The standard InChI is InChI=1S/C20H27N3O6/c24-19(21-11-15-2-1-7-27-15)20(25)22-12-16(23-5-8-26-9-6-23)14-3-4-17-18(10-14)29-13-28-17/h3-4,10,15-16H,1-2,5-9,11-13H2,(H,21,24)(H,22,25)/p+1/t15-,16-/m0/s1. The lowest BCUT2D eigenvalue weighted by Gasteiger charge is -2.32. The average Bonchev–Trinajstić information content (AvgIpc) is 3.44. The van der Waals surface area contributed by atoms with Crippen LogP contribution in [-0.4, -0.2) is 70.7 Å². The van der Waals surface area contributed by atoms with E-state index in [-0.39, 0.29) is 18.9 Å². The average molecular weight is 406 g/mol. The van der Waals surface area contributed by atoms with E-state index in [2.05, 4.69) is 10.6 Å². The molecule has 3 aliphatic heterocycles. The van der Waals surface area contributed by atoms with Gasteiger partial charge in [-0.25, -0.2) is 0 Å². The van der Waals surface area contributed by atoms with Gasteiger partial charge in [0.1, 0.15) is 19.1 Å². The number of morpholine rings is 1. The quantitative estimate of drug-likeness (QED) is 0.513. The van der Waals surface area contributed by atoms with Crippen LogP contribution in [0.5, 0.6) is 11.5 Å². The molecule has 0 saturated carbocycles. The Balaban J connectivity index is 1.37. The van der Waals surface area contributed by atoms with Crippen molar-refractivity contribution in [3.8, 4) is 11.5 Å². The minimum atomic E-state index is -0.624. The Morgan fingerprint density at radius 3 is 2.66 bits per heavy atom. The molecule has 158 valence electrons. The number of hydrogen-bond donors (Lipinski definition) is 3. The highest BCUT2D eigenvalue weighted by molar-refractivity contribution is 6.35. The molecule has 4 rings (SSSR count). The van der Waals surface area contributed by atoms with Crippen molar-refractivity contribution in [3.63, 3.8) is 0 Å². The maximum absolute atomic E-state index is 12.3. The zero-order chi connectivity index (χ0) is 20.1. The van der Waals surface area contributed by atoms with Crippen molar-refractivity contribution in [2.75, 3.05) is 52.8 Å². The van der Waals surface area contributed by atoms with Gasteiger partial charge in [0, 0.05) is 18.7 Å². The summed E-state index contributed by atoms with van der Waals surface area (Å²) in [6.07, 6.45) is 1.91. The first-order chi connectivity index (χ1) is 14.2. The Bertz CT molecular complexity index is 731. The number of hydrogen-bond acceptors (Lipinski definition) is 6. The number of nitrogens with one attached hydrogen (secondary N) is 3. The molecule has 3 heterocycles. The van der Waals surface area contributed by atoms with Gasteiger partial charge < -0.3 is 34.5 Å². The van der Waals surface area contributed by atoms with Crippen molar-refractivity contribution in [3.05, 3.63) is 23.8 Å². The van der Waals surface area contributed by atoms with E-state index in [1.165, 1.54) is 4.90 Å². The number of carbonyl (C=O) groups is 2. The first kappa shape index (κ1) is 19.9. The van der Waals surface area contributed by atoms with E-state index in [0.717, 1.165) is 37.2 Å². The smallest absolute Gasteiger partial charge is 0.309 e. The highest BCUT2D eigenvalue weighted by atomic mass is 16.7. The van der Waals surface area contributed by atoms with Gasteiger partial charge in [-0.2, -0.15) is 0 Å². The first-order valence-corrected chi connectivity index (χ1v) is 10.2. The normalized spacial score (nSPS) is 22.3. The summed E-state index contributed by atoms with van der Waals surface area (Å²) >= 11 is 0. The van der Waals surface area contributed by atoms with Gasteiger partial charge in [0.2, 0.25) is 6.79 Å². The fourth-order valence-electron chi connectivity index (χ4n) is 3.98. The third kappa shape index (κ3) is 4.98. The Morgan fingerprint density at radius 2 is 1.86 bits per heavy atom. The molecule has 29 heavy (non-hydrogen) atoms. The van der Waals surface area contributed by atoms with E-state index in [1.54, 1.807) is 0 Å². The minimum Gasteiger partial charge on any atom is -0.454 e. The molecule has 0 aliphatic carbocycles. The molecule has 0 aromatic heterocycles. The van der Waals surface area contributed by atoms with Gasteiger partial charge in [-0.3, -0.25) is 9.59 Å². The van der Waals surface area contributed by atoms with Crippen molar-refractivity contribution in [1.82, 2.24) is 10.6 Å². The summed E-state index contributed by atoms with van der Waals surface area (Å²) in [6.45, 7) is 4.66. The Morgan fingerprint density at radius 1 is 1.07 bits per heavy atom. The van der Waals surface area contributed by atoms with Crippen molar-refractivity contribution in [1.29, 1.82) is 0 Å². The van der Waals surface area contributed by atoms with Gasteiger partial charge in [-0.15, -0.1) is 0 Å². The highest BCUT2D eigenvalue weighted by Crippen LogP contribution is 2.33. The van der Waals surface area contributed by atoms with Crippen LogP contribution in [0.2, 0.25) is 0 Å². The van der Waals surface area contributed by atoms with E-state index >= 15 is 0 Å². The van der Waals surface area contributed by atoms with E-state index in [4.69, 9.17) is 18.9 Å². The Kier molecular flexibility index (Phi) is 6.48. The number of quaternary nitrogens is 1. The van der Waals surface area contributed by atoms with E-state index in [0.29, 0.717) is 38.7 Å². The second kappa shape index (κ2) is 9.43. The number of carbonyl (C=O) groups excluding carboxylic acids is 2. The minimum absolute atomic E-state index is 0.00549. The number of ether oxygens (including phenoxy) is 4. The lowest BCUT2D eigenvalue weighted by molar-refractivity contribution is -0.937. The number of amides is 2. The third-order valence-electron chi connectivity index (χ3n) is 5.61. The summed E-state index contributed by atoms with van der Waals surface area (Å²) < 4.78 is 21.8. The fraction of sp³-hybridized carbons (Fsp3) is 0.600. The van der Waals surface area contributed by atoms with Gasteiger partial charge in [-0.05, 0) is 31.0 Å². The molecule has 0 radical (unpaired) electrons. The zero-order valence-electron chi connectivity index (χ0n) is 16.4. The maximum Gasteiger partial charge on any atom is 0.309 e. The van der Waals surface area contributed by atoms with Gasteiger partial charge in [0.15, 0.2) is 11.5 Å². The van der Waals surface area contributed by atoms with Crippen molar-refractivity contribution in [2.24, 2.45) is 0 Å². The van der Waals surface area contributed by atoms with E-state index < -0.39 is 11.8 Å². The summed E-state index contributed by atoms with van der Waals surface area (Å²) in [5, 5.41) is 5.46. The first-order valence-electron chi connectivity index (χ1n) is 10.2. The maximum atomic E-state index is 12.3. The predicted molar refractivity (Wildman–Crippen MR) is 102 cm³/mol. The summed E-state index contributed by atoms with van der Waals surface area (Å²) in [5.74, 6) is 0.186. The molecule has 1 aromatic rings. The van der Waals surface area contributed by atoms with Crippen LogP contribution in [0.4, 0.5) is 0 Å². The van der Waals surface area contributed by atoms with Crippen LogP contribution >= 0.6 is 0 Å². The van der Waals surface area contributed by atoms with Crippen LogP contribution < -0.4 is 25.0 Å². The van der Waals surface area contributed by atoms with Gasteiger partial charge in [0.05, 0.1) is 25.9 Å². The highest BCUT2D eigenvalue weighted by Gasteiger charge is 2.29. The van der Waals surface area contributed by atoms with E-state index in [9.17, 15) is 9.59 Å². The zero-order valence-corrected chi connectivity index (χ0v) is 16.4. The predicted octanol–water partition coefficient (Wildman–Crippen LogP) is -1.22. The van der Waals surface area contributed by atoms with Crippen molar-refractivity contribution >= 4 is 11.8 Å². The van der Waals surface area contributed by atoms with Crippen LogP contribution in [0, 0.1) is 0 Å². The molecule has 0 spiro atoms. The van der Waals surface area contributed by atoms with Crippen molar-refractivity contribution < 1.29 is 33.4 Å². The second-order valence-corrected chi connectivity index (χ2v) is 7.49. The fourth-order valence-corrected chi connectivity index (χ4v) is 3.98. The van der Waals surface area contributed by atoms with Crippen LogP contribution in [0.15, 0.2) is 18.2 Å². The van der Waals surface area contributed by atoms with E-state index in [1.807, 2.05) is 18.2 Å². The van der Waals surface area contributed by atoms with Crippen LogP contribution in [0.3, 0.4) is 0 Å². The van der Waals surface area contributed by atoms with Crippen LogP contribution in [0.25, 0.3) is 0 Å². The number of rotatable bonds is 6. The number of benzene rings is 1. The van der Waals surface area contributed by atoms with Crippen molar-refractivity contribution in [2.45, 2.75) is 25.0 Å². The number of fused-ring (bicyclic) bond motifs is 1. The lowest BCUT2D eigenvalue weighted by atomic mass is 10.0. The summed E-state index contributed by atoms with van der Waals surface area (Å²) in [6, 6.07) is 5.83. The van der Waals surface area contributed by atoms with Gasteiger partial charge in [-0.1, -0.05) is 0 Å². The molecule has 1 aromatic carbocycles. The van der Waals surface area contributed by atoms with Crippen LogP contribution in [-0.2, 0) is 19.1 Å². The molecule has 0 unspecified atom stereocenters. The van der Waals surface area contributed by atoms with Crippen LogP contribution in [0.1, 0.15) is 24.4 Å². The molecule has 2 saturated heterocycles. The monoisotopic (exact) mass is 406 g/mol. The Hall–Kier alpha value is -2.36. The third-order valence-corrected chi connectivity index (χ3v) is 5.61. The molecule has 9 heteroatoms. The Labute approximate surface area is 169 Å². The molecule has 2 fully saturated rings. The molecular formula is C20H28N3O6+. The molecular weight excluding hydrogens is 378 g/mol. The largest absolute Gasteiger partial charge is 0.454 e. The SMILES string of the molecule is O=C(NC[C@@H]1CCCO1)C(=O)NC[C@@H](c1ccc2c(c1)OCO2)[NH+]1CCOCC1. The topological polar surface area (TPSA) is 99.6 Å². The molecule has 9 nitrogen and oxygen atoms in total. The van der Waals surface area contributed by atoms with Gasteiger partial charge in [0.25, 0.3) is 0 Å². The summed E-state index contributed by atoms with van der Waals surface area (Å²) in [5.41, 5.74) is 1.03. The summed E-state index contributed by atoms with van der Waals surface area (Å²) in [7, 11) is 0. The molecule has 3 aliphatic rings. The van der Waals surface area contributed by atoms with Gasteiger partial charge >= 0.3 is 11.8 Å². The second-order valence-electron chi connectivity index (χ2n) is 7.49. The lowest BCUT2D eigenvalue weighted by Crippen LogP contribution is -3.15.